The Morgan fingerprint density at radius 1 is 1.00 bits per heavy atom. The fraction of sp³-hybridized carbons (Fsp3) is 0.111. The molecule has 0 bridgehead atoms. The maximum atomic E-state index is 4.62. The molecule has 0 aliphatic heterocycles. The van der Waals surface area contributed by atoms with Gasteiger partial charge in [0.2, 0.25) is 0 Å². The van der Waals surface area contributed by atoms with Crippen LogP contribution in [0, 0.1) is 6.92 Å². The van der Waals surface area contributed by atoms with Crippen LogP contribution >= 0.6 is 11.3 Å². The van der Waals surface area contributed by atoms with Gasteiger partial charge in [-0.2, -0.15) is 0 Å². The summed E-state index contributed by atoms with van der Waals surface area (Å²) in [5.41, 5.74) is 8.67. The van der Waals surface area contributed by atoms with Crippen molar-refractivity contribution in [3.63, 3.8) is 0 Å². The molecule has 4 heteroatoms. The van der Waals surface area contributed by atoms with Gasteiger partial charge in [0.25, 0.3) is 0 Å². The van der Waals surface area contributed by atoms with E-state index in [2.05, 4.69) is 63.9 Å². The number of imidazole rings is 1. The third-order valence-electron chi connectivity index (χ3n) is 3.83. The van der Waals surface area contributed by atoms with Crippen molar-refractivity contribution in [2.24, 2.45) is 7.05 Å². The summed E-state index contributed by atoms with van der Waals surface area (Å²) in [6.07, 6.45) is 1.88. The zero-order valence-electron chi connectivity index (χ0n) is 12.4. The molecule has 0 atom stereocenters. The van der Waals surface area contributed by atoms with E-state index in [-0.39, 0.29) is 0 Å². The SMILES string of the molecule is Cc1cccc(-c2ncn(C)c2-c2ccc3ncsc3c2)c1. The van der Waals surface area contributed by atoms with Crippen LogP contribution < -0.4 is 0 Å². The first-order chi connectivity index (χ1) is 10.7. The minimum Gasteiger partial charge on any atom is -0.333 e. The normalized spacial score (nSPS) is 11.2. The highest BCUT2D eigenvalue weighted by Gasteiger charge is 2.14. The molecule has 2 aromatic heterocycles. The first-order valence-electron chi connectivity index (χ1n) is 7.14. The van der Waals surface area contributed by atoms with Crippen LogP contribution in [0.15, 0.2) is 54.3 Å². The maximum Gasteiger partial charge on any atom is 0.0963 e. The molecule has 22 heavy (non-hydrogen) atoms. The zero-order valence-corrected chi connectivity index (χ0v) is 13.3. The Labute approximate surface area is 132 Å². The molecule has 0 aliphatic carbocycles. The van der Waals surface area contributed by atoms with E-state index in [4.69, 9.17) is 0 Å². The van der Waals surface area contributed by atoms with E-state index in [1.165, 1.54) is 15.8 Å². The Balaban J connectivity index is 1.93. The van der Waals surface area contributed by atoms with E-state index < -0.39 is 0 Å². The van der Waals surface area contributed by atoms with Crippen LogP contribution in [0.5, 0.6) is 0 Å². The van der Waals surface area contributed by atoms with Crippen LogP contribution in [0.2, 0.25) is 0 Å². The van der Waals surface area contributed by atoms with Crippen molar-refractivity contribution in [1.29, 1.82) is 0 Å². The molecular formula is C18H15N3S. The lowest BCUT2D eigenvalue weighted by Crippen LogP contribution is -1.91. The molecule has 0 amide bonds. The molecule has 2 heterocycles. The topological polar surface area (TPSA) is 30.7 Å². The van der Waals surface area contributed by atoms with E-state index in [0.29, 0.717) is 0 Å². The van der Waals surface area contributed by atoms with Gasteiger partial charge in [-0.15, -0.1) is 11.3 Å². The fourth-order valence-electron chi connectivity index (χ4n) is 2.78. The van der Waals surface area contributed by atoms with Crippen LogP contribution in [0.3, 0.4) is 0 Å². The standard InChI is InChI=1S/C18H15N3S/c1-12-4-3-5-13(8-12)17-18(21(2)10-19-17)14-6-7-15-16(9-14)22-11-20-15/h3-11H,1-2H3. The van der Waals surface area contributed by atoms with Crippen LogP contribution in [0.4, 0.5) is 0 Å². The van der Waals surface area contributed by atoms with Gasteiger partial charge in [0.15, 0.2) is 0 Å². The van der Waals surface area contributed by atoms with Gasteiger partial charge < -0.3 is 4.57 Å². The van der Waals surface area contributed by atoms with Crippen molar-refractivity contribution >= 4 is 21.6 Å². The van der Waals surface area contributed by atoms with Crippen LogP contribution in [0.25, 0.3) is 32.7 Å². The highest BCUT2D eigenvalue weighted by atomic mass is 32.1. The summed E-state index contributed by atoms with van der Waals surface area (Å²) >= 11 is 1.67. The molecule has 0 saturated heterocycles. The molecule has 0 saturated carbocycles. The highest BCUT2D eigenvalue weighted by Crippen LogP contribution is 2.33. The number of hydrogen-bond acceptors (Lipinski definition) is 3. The van der Waals surface area contributed by atoms with Gasteiger partial charge in [-0.1, -0.05) is 29.8 Å². The zero-order chi connectivity index (χ0) is 15.1. The lowest BCUT2D eigenvalue weighted by Gasteiger charge is -2.07. The molecule has 2 aromatic carbocycles. The number of hydrogen-bond donors (Lipinski definition) is 0. The summed E-state index contributed by atoms with van der Waals surface area (Å²) in [6, 6.07) is 14.9. The summed E-state index contributed by atoms with van der Waals surface area (Å²) in [7, 11) is 2.04. The number of nitrogens with zero attached hydrogens (tertiary/aromatic N) is 3. The molecule has 4 aromatic rings. The van der Waals surface area contributed by atoms with E-state index in [1.807, 2.05) is 18.9 Å². The quantitative estimate of drug-likeness (QED) is 0.538. The molecule has 4 rings (SSSR count). The smallest absolute Gasteiger partial charge is 0.0963 e. The minimum atomic E-state index is 1.02. The predicted octanol–water partition coefficient (Wildman–Crippen LogP) is 4.67. The van der Waals surface area contributed by atoms with Crippen LogP contribution in [-0.2, 0) is 7.05 Å². The Bertz CT molecular complexity index is 965. The number of rotatable bonds is 2. The van der Waals surface area contributed by atoms with Crippen molar-refractivity contribution in [3.8, 4) is 22.5 Å². The maximum absolute atomic E-state index is 4.62. The van der Waals surface area contributed by atoms with Crippen LogP contribution in [-0.4, -0.2) is 14.5 Å². The monoisotopic (exact) mass is 305 g/mol. The van der Waals surface area contributed by atoms with E-state index in [0.717, 1.165) is 22.5 Å². The van der Waals surface area contributed by atoms with Gasteiger partial charge in [-0.05, 0) is 25.1 Å². The van der Waals surface area contributed by atoms with Gasteiger partial charge in [0.05, 0.1) is 33.4 Å². The van der Waals surface area contributed by atoms with Gasteiger partial charge in [0, 0.05) is 18.2 Å². The Morgan fingerprint density at radius 2 is 1.91 bits per heavy atom. The number of aryl methyl sites for hydroxylation is 2. The lowest BCUT2D eigenvalue weighted by atomic mass is 10.0. The largest absolute Gasteiger partial charge is 0.333 e. The Hall–Kier alpha value is -2.46. The molecule has 0 radical (unpaired) electrons. The molecule has 0 N–H and O–H groups in total. The van der Waals surface area contributed by atoms with E-state index >= 15 is 0 Å². The Morgan fingerprint density at radius 3 is 2.77 bits per heavy atom. The second kappa shape index (κ2) is 5.07. The lowest BCUT2D eigenvalue weighted by molar-refractivity contribution is 0.922. The molecule has 0 fully saturated rings. The van der Waals surface area contributed by atoms with Crippen molar-refractivity contribution in [3.05, 3.63) is 59.9 Å². The van der Waals surface area contributed by atoms with E-state index in [1.54, 1.807) is 11.3 Å². The van der Waals surface area contributed by atoms with Crippen molar-refractivity contribution < 1.29 is 0 Å². The van der Waals surface area contributed by atoms with Gasteiger partial charge in [-0.25, -0.2) is 9.97 Å². The molecular weight excluding hydrogens is 290 g/mol. The fourth-order valence-corrected chi connectivity index (χ4v) is 3.49. The van der Waals surface area contributed by atoms with Crippen molar-refractivity contribution in [2.45, 2.75) is 6.92 Å². The average molecular weight is 305 g/mol. The number of benzene rings is 2. The van der Waals surface area contributed by atoms with Gasteiger partial charge >= 0.3 is 0 Å². The molecule has 0 spiro atoms. The summed E-state index contributed by atoms with van der Waals surface area (Å²) in [5, 5.41) is 0. The highest BCUT2D eigenvalue weighted by molar-refractivity contribution is 7.16. The second-order valence-corrected chi connectivity index (χ2v) is 6.34. The third-order valence-corrected chi connectivity index (χ3v) is 4.63. The van der Waals surface area contributed by atoms with Crippen molar-refractivity contribution in [1.82, 2.24) is 14.5 Å². The number of fused-ring (bicyclic) bond motifs is 1. The van der Waals surface area contributed by atoms with Gasteiger partial charge in [0.1, 0.15) is 0 Å². The second-order valence-electron chi connectivity index (χ2n) is 5.46. The predicted molar refractivity (Wildman–Crippen MR) is 92.0 cm³/mol. The van der Waals surface area contributed by atoms with E-state index in [9.17, 15) is 0 Å². The minimum absolute atomic E-state index is 1.02. The Kier molecular flexibility index (Phi) is 3.05. The summed E-state index contributed by atoms with van der Waals surface area (Å²) in [4.78, 5) is 8.97. The summed E-state index contributed by atoms with van der Waals surface area (Å²) in [6.45, 7) is 2.11. The summed E-state index contributed by atoms with van der Waals surface area (Å²) in [5.74, 6) is 0. The van der Waals surface area contributed by atoms with Gasteiger partial charge in [-0.3, -0.25) is 0 Å². The molecule has 108 valence electrons. The molecule has 3 nitrogen and oxygen atoms in total. The first-order valence-corrected chi connectivity index (χ1v) is 8.02. The molecule has 0 aliphatic rings. The number of thiazole rings is 1. The summed E-state index contributed by atoms with van der Waals surface area (Å²) < 4.78 is 3.29. The first kappa shape index (κ1) is 13.2. The third kappa shape index (κ3) is 2.12. The average Bonchev–Trinajstić information content (AvgIpc) is 3.12. The number of aromatic nitrogens is 3. The van der Waals surface area contributed by atoms with Crippen molar-refractivity contribution in [2.75, 3.05) is 0 Å². The molecule has 0 unspecified atom stereocenters. The van der Waals surface area contributed by atoms with Crippen LogP contribution in [0.1, 0.15) is 5.56 Å².